The standard InChI is InChI=1S/C14H16N2O3/c1-14(2)13(18)12(16-7-3-4-11(16)17)9-8-15-6-5-10(9)19-14/h5-6,8,12H,3-4,7H2,1-2H3. The molecule has 1 aromatic rings. The third-order valence-electron chi connectivity index (χ3n) is 3.73. The van der Waals surface area contributed by atoms with E-state index in [0.717, 1.165) is 6.42 Å². The number of likely N-dealkylation sites (tertiary alicyclic amines) is 1. The molecule has 0 bridgehead atoms. The summed E-state index contributed by atoms with van der Waals surface area (Å²) >= 11 is 0. The molecule has 100 valence electrons. The van der Waals surface area contributed by atoms with Crippen molar-refractivity contribution < 1.29 is 14.3 Å². The van der Waals surface area contributed by atoms with E-state index >= 15 is 0 Å². The zero-order valence-corrected chi connectivity index (χ0v) is 11.0. The van der Waals surface area contributed by atoms with E-state index in [1.54, 1.807) is 37.2 Å². The summed E-state index contributed by atoms with van der Waals surface area (Å²) in [6.07, 6.45) is 4.58. The van der Waals surface area contributed by atoms with Crippen LogP contribution < -0.4 is 4.74 Å². The number of aromatic nitrogens is 1. The topological polar surface area (TPSA) is 59.5 Å². The summed E-state index contributed by atoms with van der Waals surface area (Å²) in [6.45, 7) is 4.11. The summed E-state index contributed by atoms with van der Waals surface area (Å²) in [7, 11) is 0. The number of carbonyl (C=O) groups is 2. The largest absolute Gasteiger partial charge is 0.479 e. The molecule has 0 spiro atoms. The summed E-state index contributed by atoms with van der Waals surface area (Å²) in [6, 6.07) is 1.19. The molecule has 0 N–H and O–H groups in total. The Morgan fingerprint density at radius 1 is 1.42 bits per heavy atom. The number of carbonyl (C=O) groups excluding carboxylic acids is 2. The van der Waals surface area contributed by atoms with E-state index in [9.17, 15) is 9.59 Å². The second-order valence-corrected chi connectivity index (χ2v) is 5.48. The number of amides is 1. The zero-order valence-electron chi connectivity index (χ0n) is 11.0. The minimum atomic E-state index is -0.915. The summed E-state index contributed by atoms with van der Waals surface area (Å²) in [4.78, 5) is 30.3. The van der Waals surface area contributed by atoms with E-state index in [-0.39, 0.29) is 11.7 Å². The van der Waals surface area contributed by atoms with Gasteiger partial charge in [-0.15, -0.1) is 0 Å². The van der Waals surface area contributed by atoms with Crippen molar-refractivity contribution in [3.63, 3.8) is 0 Å². The van der Waals surface area contributed by atoms with E-state index in [4.69, 9.17) is 4.74 Å². The molecule has 5 heteroatoms. The number of rotatable bonds is 1. The number of pyridine rings is 1. The van der Waals surface area contributed by atoms with Crippen LogP contribution >= 0.6 is 0 Å². The van der Waals surface area contributed by atoms with Gasteiger partial charge < -0.3 is 9.64 Å². The third-order valence-corrected chi connectivity index (χ3v) is 3.73. The molecule has 1 fully saturated rings. The number of nitrogens with zero attached hydrogens (tertiary/aromatic N) is 2. The molecule has 1 atom stereocenters. The predicted molar refractivity (Wildman–Crippen MR) is 67.6 cm³/mol. The fourth-order valence-electron chi connectivity index (χ4n) is 2.74. The lowest BCUT2D eigenvalue weighted by molar-refractivity contribution is -0.146. The Morgan fingerprint density at radius 2 is 2.21 bits per heavy atom. The van der Waals surface area contributed by atoms with Gasteiger partial charge in [0.05, 0.1) is 0 Å². The molecule has 1 unspecified atom stereocenters. The Bertz CT molecular complexity index is 553. The highest BCUT2D eigenvalue weighted by Gasteiger charge is 2.47. The Kier molecular flexibility index (Phi) is 2.59. The van der Waals surface area contributed by atoms with Gasteiger partial charge in [0.15, 0.2) is 5.60 Å². The molecule has 3 heterocycles. The van der Waals surface area contributed by atoms with Gasteiger partial charge in [-0.1, -0.05) is 0 Å². The van der Waals surface area contributed by atoms with Crippen LogP contribution in [0.3, 0.4) is 0 Å². The van der Waals surface area contributed by atoms with Gasteiger partial charge in [0.2, 0.25) is 11.7 Å². The molecule has 1 aromatic heterocycles. The van der Waals surface area contributed by atoms with E-state index in [1.165, 1.54) is 0 Å². The van der Waals surface area contributed by atoms with Crippen molar-refractivity contribution in [2.24, 2.45) is 0 Å². The molecule has 0 saturated carbocycles. The highest BCUT2D eigenvalue weighted by atomic mass is 16.5. The van der Waals surface area contributed by atoms with Gasteiger partial charge in [0, 0.05) is 30.9 Å². The molecule has 1 saturated heterocycles. The molecular weight excluding hydrogens is 244 g/mol. The van der Waals surface area contributed by atoms with E-state index in [2.05, 4.69) is 4.98 Å². The SMILES string of the molecule is CC1(C)Oc2ccncc2C(N2CCCC2=O)C1=O. The summed E-state index contributed by atoms with van der Waals surface area (Å²) < 4.78 is 5.73. The number of ketones is 1. The predicted octanol–water partition coefficient (Wildman–Crippen LogP) is 1.49. The maximum atomic E-state index is 12.6. The van der Waals surface area contributed by atoms with Crippen LogP contribution in [-0.2, 0) is 9.59 Å². The number of fused-ring (bicyclic) bond motifs is 1. The highest BCUT2D eigenvalue weighted by Crippen LogP contribution is 2.40. The van der Waals surface area contributed by atoms with Crippen molar-refractivity contribution in [2.45, 2.75) is 38.3 Å². The van der Waals surface area contributed by atoms with Gasteiger partial charge in [-0.05, 0) is 26.3 Å². The fourth-order valence-corrected chi connectivity index (χ4v) is 2.74. The van der Waals surface area contributed by atoms with Crippen molar-refractivity contribution in [2.75, 3.05) is 6.54 Å². The van der Waals surface area contributed by atoms with Crippen LogP contribution in [0.1, 0.15) is 38.3 Å². The maximum absolute atomic E-state index is 12.6. The van der Waals surface area contributed by atoms with E-state index < -0.39 is 11.6 Å². The number of hydrogen-bond donors (Lipinski definition) is 0. The summed E-state index contributed by atoms with van der Waals surface area (Å²) in [5.41, 5.74) is -0.218. The van der Waals surface area contributed by atoms with Crippen molar-refractivity contribution >= 4 is 11.7 Å². The number of ether oxygens (including phenoxy) is 1. The first-order valence-electron chi connectivity index (χ1n) is 6.47. The van der Waals surface area contributed by atoms with Crippen molar-refractivity contribution in [1.29, 1.82) is 0 Å². The van der Waals surface area contributed by atoms with Crippen LogP contribution in [0.15, 0.2) is 18.5 Å². The quantitative estimate of drug-likeness (QED) is 0.767. The molecular formula is C14H16N2O3. The number of Topliss-reactive ketones (excluding diaryl/α,β-unsaturated/α-hetero) is 1. The average molecular weight is 260 g/mol. The molecule has 0 aliphatic carbocycles. The maximum Gasteiger partial charge on any atom is 0.223 e. The van der Waals surface area contributed by atoms with Crippen molar-refractivity contribution in [3.05, 3.63) is 24.0 Å². The summed E-state index contributed by atoms with van der Waals surface area (Å²) in [5.74, 6) is 0.596. The lowest BCUT2D eigenvalue weighted by Gasteiger charge is -2.39. The minimum absolute atomic E-state index is 0.0332. The fraction of sp³-hybridized carbons (Fsp3) is 0.500. The third kappa shape index (κ3) is 1.80. The molecule has 19 heavy (non-hydrogen) atoms. The van der Waals surface area contributed by atoms with Crippen LogP contribution in [0.25, 0.3) is 0 Å². The Morgan fingerprint density at radius 3 is 2.89 bits per heavy atom. The first-order chi connectivity index (χ1) is 9.00. The van der Waals surface area contributed by atoms with Crippen LogP contribution in [-0.4, -0.2) is 33.7 Å². The van der Waals surface area contributed by atoms with Gasteiger partial charge in [0.1, 0.15) is 11.8 Å². The zero-order chi connectivity index (χ0) is 13.6. The Balaban J connectivity index is 2.10. The first-order valence-corrected chi connectivity index (χ1v) is 6.47. The smallest absolute Gasteiger partial charge is 0.223 e. The molecule has 1 amide bonds. The minimum Gasteiger partial charge on any atom is -0.479 e. The van der Waals surface area contributed by atoms with Gasteiger partial charge >= 0.3 is 0 Å². The van der Waals surface area contributed by atoms with Gasteiger partial charge in [0.25, 0.3) is 0 Å². The van der Waals surface area contributed by atoms with E-state index in [0.29, 0.717) is 24.3 Å². The Hall–Kier alpha value is -1.91. The van der Waals surface area contributed by atoms with Crippen LogP contribution in [0.4, 0.5) is 0 Å². The van der Waals surface area contributed by atoms with Gasteiger partial charge in [-0.25, -0.2) is 0 Å². The monoisotopic (exact) mass is 260 g/mol. The Labute approximate surface area is 111 Å². The second-order valence-electron chi connectivity index (χ2n) is 5.48. The average Bonchev–Trinajstić information content (AvgIpc) is 2.77. The van der Waals surface area contributed by atoms with Gasteiger partial charge in [-0.3, -0.25) is 14.6 Å². The molecule has 3 rings (SSSR count). The second kappa shape index (κ2) is 4.05. The lowest BCUT2D eigenvalue weighted by Crippen LogP contribution is -2.50. The normalized spacial score (nSPS) is 25.2. The van der Waals surface area contributed by atoms with Gasteiger partial charge in [-0.2, -0.15) is 0 Å². The first kappa shape index (κ1) is 12.1. The van der Waals surface area contributed by atoms with Crippen molar-refractivity contribution in [3.8, 4) is 5.75 Å². The molecule has 2 aliphatic heterocycles. The lowest BCUT2D eigenvalue weighted by atomic mass is 9.88. The van der Waals surface area contributed by atoms with Crippen LogP contribution in [0, 0.1) is 0 Å². The molecule has 0 radical (unpaired) electrons. The van der Waals surface area contributed by atoms with Crippen LogP contribution in [0.2, 0.25) is 0 Å². The number of hydrogen-bond acceptors (Lipinski definition) is 4. The van der Waals surface area contributed by atoms with Crippen LogP contribution in [0.5, 0.6) is 5.75 Å². The highest BCUT2D eigenvalue weighted by molar-refractivity contribution is 5.97. The molecule has 2 aliphatic rings. The molecule has 0 aromatic carbocycles. The molecule has 5 nitrogen and oxygen atoms in total. The summed E-state index contributed by atoms with van der Waals surface area (Å²) in [5, 5.41) is 0. The van der Waals surface area contributed by atoms with Crippen molar-refractivity contribution in [1.82, 2.24) is 9.88 Å². The van der Waals surface area contributed by atoms with E-state index in [1.807, 2.05) is 0 Å².